The Morgan fingerprint density at radius 1 is 1.35 bits per heavy atom. The minimum atomic E-state index is -0.750. The predicted octanol–water partition coefficient (Wildman–Crippen LogP) is 2.34. The molecule has 1 atom stereocenters. The summed E-state index contributed by atoms with van der Waals surface area (Å²) in [6, 6.07) is 3.67. The zero-order chi connectivity index (χ0) is 11.1. The molecule has 5 heteroatoms. The first-order valence-corrected chi connectivity index (χ1v) is 5.41. The van der Waals surface area contributed by atoms with Crippen molar-refractivity contribution >= 4 is 18.4 Å². The summed E-state index contributed by atoms with van der Waals surface area (Å²) in [7, 11) is 0. The Hall–Kier alpha value is -1.42. The second kappa shape index (κ2) is 4.45. The average molecular weight is 257 g/mol. The van der Waals surface area contributed by atoms with E-state index in [0.29, 0.717) is 6.42 Å². The molecule has 1 N–H and O–H groups in total. The smallest absolute Gasteiger partial charge is 0.310 e. The zero-order valence-corrected chi connectivity index (χ0v) is 9.96. The van der Waals surface area contributed by atoms with Crippen LogP contribution in [-0.4, -0.2) is 17.9 Å². The highest BCUT2D eigenvalue weighted by atomic mass is 35.5. The maximum absolute atomic E-state index is 11.1. The lowest BCUT2D eigenvalue weighted by molar-refractivity contribution is -0.139. The highest BCUT2D eigenvalue weighted by molar-refractivity contribution is 5.85. The van der Waals surface area contributed by atoms with E-state index in [0.717, 1.165) is 35.5 Å². The molecular formula is C12H13ClO4. The second-order valence-electron chi connectivity index (χ2n) is 4.15. The van der Waals surface area contributed by atoms with Crippen molar-refractivity contribution in [2.24, 2.45) is 0 Å². The maximum Gasteiger partial charge on any atom is 0.310 e. The van der Waals surface area contributed by atoms with Crippen LogP contribution in [0.3, 0.4) is 0 Å². The van der Waals surface area contributed by atoms with Crippen molar-refractivity contribution in [2.45, 2.75) is 25.2 Å². The third kappa shape index (κ3) is 1.82. The SMILES string of the molecule is Cl.O=C(O)C1CCCc2c1ccc1c2OCO1. The van der Waals surface area contributed by atoms with Crippen molar-refractivity contribution in [3.63, 3.8) is 0 Å². The summed E-state index contributed by atoms with van der Waals surface area (Å²) < 4.78 is 10.7. The third-order valence-corrected chi connectivity index (χ3v) is 3.27. The largest absolute Gasteiger partial charge is 0.481 e. The fourth-order valence-corrected chi connectivity index (χ4v) is 2.52. The molecule has 0 saturated heterocycles. The van der Waals surface area contributed by atoms with E-state index >= 15 is 0 Å². The van der Waals surface area contributed by atoms with Crippen LogP contribution >= 0.6 is 12.4 Å². The van der Waals surface area contributed by atoms with Crippen LogP contribution in [0.4, 0.5) is 0 Å². The Labute approximate surface area is 105 Å². The molecule has 92 valence electrons. The summed E-state index contributed by atoms with van der Waals surface area (Å²) in [5.41, 5.74) is 1.91. The number of benzene rings is 1. The van der Waals surface area contributed by atoms with Gasteiger partial charge in [-0.25, -0.2) is 0 Å². The van der Waals surface area contributed by atoms with Crippen LogP contribution in [0, 0.1) is 0 Å². The lowest BCUT2D eigenvalue weighted by atomic mass is 9.82. The van der Waals surface area contributed by atoms with Crippen LogP contribution < -0.4 is 9.47 Å². The van der Waals surface area contributed by atoms with E-state index in [9.17, 15) is 4.79 Å². The van der Waals surface area contributed by atoms with E-state index in [1.54, 1.807) is 0 Å². The molecule has 2 aliphatic rings. The first-order valence-electron chi connectivity index (χ1n) is 5.41. The van der Waals surface area contributed by atoms with Crippen LogP contribution in [0.5, 0.6) is 11.5 Å². The van der Waals surface area contributed by atoms with Crippen molar-refractivity contribution in [3.05, 3.63) is 23.3 Å². The Balaban J connectivity index is 0.00000108. The second-order valence-corrected chi connectivity index (χ2v) is 4.15. The van der Waals surface area contributed by atoms with Gasteiger partial charge in [-0.1, -0.05) is 6.07 Å². The van der Waals surface area contributed by atoms with E-state index in [2.05, 4.69) is 0 Å². The van der Waals surface area contributed by atoms with Crippen molar-refractivity contribution in [1.82, 2.24) is 0 Å². The quantitative estimate of drug-likeness (QED) is 0.838. The lowest BCUT2D eigenvalue weighted by Gasteiger charge is -2.23. The number of carbonyl (C=O) groups is 1. The number of halogens is 1. The molecule has 3 rings (SSSR count). The summed E-state index contributed by atoms with van der Waals surface area (Å²) in [4.78, 5) is 11.1. The Morgan fingerprint density at radius 3 is 2.94 bits per heavy atom. The van der Waals surface area contributed by atoms with Gasteiger partial charge in [-0.15, -0.1) is 12.4 Å². The normalized spacial score (nSPS) is 20.4. The molecule has 0 amide bonds. The number of carboxylic acid groups (broad SMARTS) is 1. The van der Waals surface area contributed by atoms with E-state index in [-0.39, 0.29) is 19.2 Å². The molecule has 1 aromatic carbocycles. The summed E-state index contributed by atoms with van der Waals surface area (Å²) in [6.45, 7) is 0.240. The van der Waals surface area contributed by atoms with Crippen LogP contribution in [-0.2, 0) is 11.2 Å². The van der Waals surface area contributed by atoms with Crippen LogP contribution in [0.2, 0.25) is 0 Å². The Morgan fingerprint density at radius 2 is 2.18 bits per heavy atom. The number of rotatable bonds is 1. The van der Waals surface area contributed by atoms with Crippen molar-refractivity contribution in [3.8, 4) is 11.5 Å². The van der Waals surface area contributed by atoms with Crippen LogP contribution in [0.25, 0.3) is 0 Å². The summed E-state index contributed by atoms with van der Waals surface area (Å²) in [6.07, 6.45) is 2.48. The van der Waals surface area contributed by atoms with Gasteiger partial charge in [0, 0.05) is 5.56 Å². The van der Waals surface area contributed by atoms with Gasteiger partial charge in [-0.3, -0.25) is 4.79 Å². The molecule has 0 spiro atoms. The van der Waals surface area contributed by atoms with Crippen molar-refractivity contribution in [1.29, 1.82) is 0 Å². The number of ether oxygens (including phenoxy) is 2. The van der Waals surface area contributed by atoms with E-state index < -0.39 is 11.9 Å². The van der Waals surface area contributed by atoms with Gasteiger partial charge >= 0.3 is 5.97 Å². The highest BCUT2D eigenvalue weighted by Crippen LogP contribution is 2.43. The molecule has 4 nitrogen and oxygen atoms in total. The van der Waals surface area contributed by atoms with Crippen LogP contribution in [0.1, 0.15) is 29.9 Å². The predicted molar refractivity (Wildman–Crippen MR) is 63.1 cm³/mol. The molecule has 17 heavy (non-hydrogen) atoms. The molecular weight excluding hydrogens is 244 g/mol. The molecule has 0 bridgehead atoms. The molecule has 0 radical (unpaired) electrons. The van der Waals surface area contributed by atoms with Crippen molar-refractivity contribution in [2.75, 3.05) is 6.79 Å². The zero-order valence-electron chi connectivity index (χ0n) is 9.14. The van der Waals surface area contributed by atoms with Crippen molar-refractivity contribution < 1.29 is 19.4 Å². The number of fused-ring (bicyclic) bond motifs is 3. The van der Waals surface area contributed by atoms with Gasteiger partial charge in [0.15, 0.2) is 11.5 Å². The summed E-state index contributed by atoms with van der Waals surface area (Å²) in [5, 5.41) is 9.16. The van der Waals surface area contributed by atoms with Gasteiger partial charge in [0.1, 0.15) is 0 Å². The topological polar surface area (TPSA) is 55.8 Å². The Kier molecular flexibility index (Phi) is 3.15. The first kappa shape index (κ1) is 12.0. The number of hydrogen-bond donors (Lipinski definition) is 1. The monoisotopic (exact) mass is 256 g/mol. The molecule has 1 aliphatic carbocycles. The van der Waals surface area contributed by atoms with E-state index in [1.807, 2.05) is 12.1 Å². The minimum absolute atomic E-state index is 0. The maximum atomic E-state index is 11.1. The van der Waals surface area contributed by atoms with Crippen LogP contribution in [0.15, 0.2) is 12.1 Å². The summed E-state index contributed by atoms with van der Waals surface area (Å²) >= 11 is 0. The summed E-state index contributed by atoms with van der Waals surface area (Å²) in [5.74, 6) is 0.353. The first-order chi connectivity index (χ1) is 7.77. The Bertz CT molecular complexity index is 458. The fraction of sp³-hybridized carbons (Fsp3) is 0.417. The molecule has 1 unspecified atom stereocenters. The van der Waals surface area contributed by atoms with Gasteiger partial charge in [-0.2, -0.15) is 0 Å². The van der Waals surface area contributed by atoms with E-state index in [4.69, 9.17) is 14.6 Å². The number of carboxylic acids is 1. The fourth-order valence-electron chi connectivity index (χ4n) is 2.52. The highest BCUT2D eigenvalue weighted by Gasteiger charge is 2.31. The van der Waals surface area contributed by atoms with E-state index in [1.165, 1.54) is 0 Å². The number of hydrogen-bond acceptors (Lipinski definition) is 3. The molecule has 1 aliphatic heterocycles. The number of aliphatic carboxylic acids is 1. The van der Waals surface area contributed by atoms with Gasteiger partial charge in [0.2, 0.25) is 6.79 Å². The third-order valence-electron chi connectivity index (χ3n) is 3.27. The molecule has 1 heterocycles. The molecule has 1 aromatic rings. The lowest BCUT2D eigenvalue weighted by Crippen LogP contribution is -2.18. The standard InChI is InChI=1S/C12H12O4.ClH/c13-12(14)9-3-1-2-8-7(9)4-5-10-11(8)16-6-15-10;/h4-5,9H,1-3,6H2,(H,13,14);1H. The van der Waals surface area contributed by atoms with Gasteiger partial charge in [0.05, 0.1) is 5.92 Å². The molecule has 0 saturated carbocycles. The molecule has 0 aromatic heterocycles. The average Bonchev–Trinajstić information content (AvgIpc) is 2.76. The molecule has 0 fully saturated rings. The van der Waals surface area contributed by atoms with Gasteiger partial charge in [-0.05, 0) is 30.9 Å². The van der Waals surface area contributed by atoms with Gasteiger partial charge < -0.3 is 14.6 Å². The van der Waals surface area contributed by atoms with Gasteiger partial charge in [0.25, 0.3) is 0 Å². The minimum Gasteiger partial charge on any atom is -0.481 e.